The number of ether oxygens (including phenoxy) is 1. The van der Waals surface area contributed by atoms with Crippen LogP contribution >= 0.6 is 0 Å². The van der Waals surface area contributed by atoms with E-state index in [2.05, 4.69) is 9.97 Å². The molecule has 9 heteroatoms. The molecule has 0 saturated heterocycles. The maximum absolute atomic E-state index is 12.9. The molecule has 1 N–H and O–H groups in total. The number of amides is 1. The zero-order valence-corrected chi connectivity index (χ0v) is 14.9. The van der Waals surface area contributed by atoms with E-state index in [0.29, 0.717) is 12.0 Å². The average Bonchev–Trinajstić information content (AvgIpc) is 3.13. The van der Waals surface area contributed by atoms with Gasteiger partial charge in [0.15, 0.2) is 17.6 Å². The molecule has 1 aromatic carbocycles. The Hall–Kier alpha value is -3.75. The molecule has 0 saturated carbocycles. The minimum absolute atomic E-state index is 0.0166. The van der Waals surface area contributed by atoms with E-state index in [0.717, 1.165) is 10.9 Å². The first kappa shape index (κ1) is 17.7. The van der Waals surface area contributed by atoms with Gasteiger partial charge in [-0.1, -0.05) is 25.1 Å². The number of aromatic nitrogens is 2. The Morgan fingerprint density at radius 2 is 2.11 bits per heavy atom. The van der Waals surface area contributed by atoms with Crippen molar-refractivity contribution in [2.75, 3.05) is 11.4 Å². The van der Waals surface area contributed by atoms with Gasteiger partial charge in [0.05, 0.1) is 6.54 Å². The molecule has 0 bridgehead atoms. The lowest BCUT2D eigenvalue weighted by Gasteiger charge is -2.30. The summed E-state index contributed by atoms with van der Waals surface area (Å²) in [7, 11) is 0. The number of hydrogen-bond donors (Lipinski definition) is 1. The molecule has 1 amide bonds. The van der Waals surface area contributed by atoms with E-state index in [1.165, 1.54) is 17.0 Å². The van der Waals surface area contributed by atoms with Crippen molar-refractivity contribution in [3.05, 3.63) is 58.3 Å². The first-order valence-corrected chi connectivity index (χ1v) is 8.72. The van der Waals surface area contributed by atoms with E-state index in [-0.39, 0.29) is 23.9 Å². The topological polar surface area (TPSA) is 118 Å². The SMILES string of the molecule is CCC1Oc2ccc([N+](=O)[O-])nc2N(CC(=O)c2c[nH]c3ccccc23)C1=O. The zero-order valence-electron chi connectivity index (χ0n) is 14.9. The van der Waals surface area contributed by atoms with Crippen molar-refractivity contribution in [1.82, 2.24) is 9.97 Å². The summed E-state index contributed by atoms with van der Waals surface area (Å²) in [6.45, 7) is 1.49. The van der Waals surface area contributed by atoms with Crippen LogP contribution in [0.1, 0.15) is 23.7 Å². The van der Waals surface area contributed by atoms with Gasteiger partial charge in [-0.2, -0.15) is 0 Å². The number of para-hydroxylation sites is 1. The predicted octanol–water partition coefficient (Wildman–Crippen LogP) is 2.86. The van der Waals surface area contributed by atoms with Crippen LogP contribution in [0.2, 0.25) is 0 Å². The third-order valence-corrected chi connectivity index (χ3v) is 4.64. The van der Waals surface area contributed by atoms with Gasteiger partial charge in [0, 0.05) is 28.7 Å². The monoisotopic (exact) mass is 380 g/mol. The fraction of sp³-hybridized carbons (Fsp3) is 0.211. The van der Waals surface area contributed by atoms with E-state index in [1.54, 1.807) is 13.1 Å². The van der Waals surface area contributed by atoms with Crippen LogP contribution in [0.3, 0.4) is 0 Å². The number of pyridine rings is 1. The average molecular weight is 380 g/mol. The number of carbonyl (C=O) groups is 2. The fourth-order valence-corrected chi connectivity index (χ4v) is 3.24. The predicted molar refractivity (Wildman–Crippen MR) is 101 cm³/mol. The van der Waals surface area contributed by atoms with Gasteiger partial charge in [0.2, 0.25) is 0 Å². The molecule has 3 heterocycles. The summed E-state index contributed by atoms with van der Waals surface area (Å²) in [5.41, 5.74) is 1.25. The van der Waals surface area contributed by atoms with Crippen molar-refractivity contribution in [3.8, 4) is 5.75 Å². The van der Waals surface area contributed by atoms with E-state index in [9.17, 15) is 19.7 Å². The van der Waals surface area contributed by atoms with Gasteiger partial charge >= 0.3 is 5.82 Å². The summed E-state index contributed by atoms with van der Waals surface area (Å²) < 4.78 is 5.61. The Morgan fingerprint density at radius 1 is 1.32 bits per heavy atom. The van der Waals surface area contributed by atoms with Gasteiger partial charge in [-0.25, -0.2) is 0 Å². The Balaban J connectivity index is 1.73. The summed E-state index contributed by atoms with van der Waals surface area (Å²) in [5.74, 6) is -0.950. The molecule has 9 nitrogen and oxygen atoms in total. The van der Waals surface area contributed by atoms with Gasteiger partial charge in [-0.15, -0.1) is 0 Å². The quantitative estimate of drug-likeness (QED) is 0.413. The molecule has 4 rings (SSSR count). The van der Waals surface area contributed by atoms with Crippen molar-refractivity contribution in [3.63, 3.8) is 0 Å². The highest BCUT2D eigenvalue weighted by atomic mass is 16.6. The number of aromatic amines is 1. The highest BCUT2D eigenvalue weighted by molar-refractivity contribution is 6.13. The van der Waals surface area contributed by atoms with Crippen molar-refractivity contribution in [2.24, 2.45) is 0 Å². The highest BCUT2D eigenvalue weighted by Crippen LogP contribution is 2.35. The number of Topliss-reactive ketones (excluding diaryl/α,β-unsaturated/α-hetero) is 1. The number of nitrogens with zero attached hydrogens (tertiary/aromatic N) is 3. The lowest BCUT2D eigenvalue weighted by Crippen LogP contribution is -2.48. The molecule has 0 radical (unpaired) electrons. The van der Waals surface area contributed by atoms with Gasteiger partial charge in [-0.05, 0) is 28.5 Å². The molecule has 1 unspecified atom stereocenters. The van der Waals surface area contributed by atoms with Crippen LogP contribution in [0.4, 0.5) is 11.6 Å². The highest BCUT2D eigenvalue weighted by Gasteiger charge is 2.39. The van der Waals surface area contributed by atoms with Crippen molar-refractivity contribution >= 4 is 34.2 Å². The third kappa shape index (κ3) is 2.86. The van der Waals surface area contributed by atoms with Crippen LogP contribution < -0.4 is 9.64 Å². The second-order valence-corrected chi connectivity index (χ2v) is 6.36. The molecule has 0 spiro atoms. The maximum atomic E-state index is 12.9. The molecule has 2 aromatic heterocycles. The normalized spacial score (nSPS) is 16.0. The maximum Gasteiger partial charge on any atom is 0.366 e. The van der Waals surface area contributed by atoms with Crippen LogP contribution in [0, 0.1) is 10.1 Å². The molecule has 28 heavy (non-hydrogen) atoms. The molecule has 0 fully saturated rings. The number of H-pyrrole nitrogens is 1. The molecule has 1 aliphatic rings. The summed E-state index contributed by atoms with van der Waals surface area (Å²) in [6, 6.07) is 9.94. The van der Waals surface area contributed by atoms with E-state index in [4.69, 9.17) is 4.74 Å². The number of ketones is 1. The fourth-order valence-electron chi connectivity index (χ4n) is 3.24. The largest absolute Gasteiger partial charge is 0.474 e. The Kier molecular flexibility index (Phi) is 4.26. The summed E-state index contributed by atoms with van der Waals surface area (Å²) in [4.78, 5) is 44.3. The Labute approximate surface area is 159 Å². The van der Waals surface area contributed by atoms with Gasteiger partial charge in [0.25, 0.3) is 11.7 Å². The van der Waals surface area contributed by atoms with Crippen molar-refractivity contribution < 1.29 is 19.2 Å². The molecule has 1 atom stereocenters. The summed E-state index contributed by atoms with van der Waals surface area (Å²) in [6.07, 6.45) is 1.22. The zero-order chi connectivity index (χ0) is 19.8. The summed E-state index contributed by atoms with van der Waals surface area (Å²) >= 11 is 0. The summed E-state index contributed by atoms with van der Waals surface area (Å²) in [5, 5.41) is 11.8. The molecular weight excluding hydrogens is 364 g/mol. The van der Waals surface area contributed by atoms with Crippen LogP contribution in [0.15, 0.2) is 42.6 Å². The van der Waals surface area contributed by atoms with Crippen LogP contribution in [-0.4, -0.2) is 39.2 Å². The molecule has 0 aliphatic carbocycles. The molecule has 1 aliphatic heterocycles. The van der Waals surface area contributed by atoms with E-state index < -0.39 is 22.8 Å². The first-order chi connectivity index (χ1) is 13.5. The number of anilines is 1. The van der Waals surface area contributed by atoms with Crippen LogP contribution in [0.5, 0.6) is 5.75 Å². The minimum atomic E-state index is -0.772. The number of nitrogens with one attached hydrogen (secondary N) is 1. The standard InChI is InChI=1S/C19H16N4O5/c1-2-15-19(25)22(18-16(28-15)7-8-17(21-18)23(26)27)10-14(24)12-9-20-13-6-4-3-5-11(12)13/h3-9,15,20H,2,10H2,1H3. The number of carbonyl (C=O) groups excluding carboxylic acids is 2. The van der Waals surface area contributed by atoms with Crippen LogP contribution in [-0.2, 0) is 4.79 Å². The molecule has 3 aromatic rings. The van der Waals surface area contributed by atoms with E-state index >= 15 is 0 Å². The molecular formula is C19H16N4O5. The number of benzene rings is 1. The minimum Gasteiger partial charge on any atom is -0.474 e. The lowest BCUT2D eigenvalue weighted by atomic mass is 10.1. The molecule has 142 valence electrons. The Bertz CT molecular complexity index is 1110. The number of fused-ring (bicyclic) bond motifs is 2. The third-order valence-electron chi connectivity index (χ3n) is 4.64. The van der Waals surface area contributed by atoms with Crippen LogP contribution in [0.25, 0.3) is 10.9 Å². The van der Waals surface area contributed by atoms with Gasteiger partial charge in [-0.3, -0.25) is 14.5 Å². The number of nitro groups is 1. The Morgan fingerprint density at radius 3 is 2.86 bits per heavy atom. The smallest absolute Gasteiger partial charge is 0.366 e. The van der Waals surface area contributed by atoms with Crippen molar-refractivity contribution in [2.45, 2.75) is 19.4 Å². The van der Waals surface area contributed by atoms with Crippen molar-refractivity contribution in [1.29, 1.82) is 0 Å². The first-order valence-electron chi connectivity index (χ1n) is 8.72. The van der Waals surface area contributed by atoms with Gasteiger partial charge < -0.3 is 19.8 Å². The second kappa shape index (κ2) is 6.76. The van der Waals surface area contributed by atoms with E-state index in [1.807, 2.05) is 24.3 Å². The second-order valence-electron chi connectivity index (χ2n) is 6.36. The number of rotatable bonds is 5. The lowest BCUT2D eigenvalue weighted by molar-refractivity contribution is -0.389. The van der Waals surface area contributed by atoms with Gasteiger partial charge in [0.1, 0.15) is 0 Å². The number of hydrogen-bond acceptors (Lipinski definition) is 6.